The van der Waals surface area contributed by atoms with E-state index in [1.807, 2.05) is 20.8 Å². The lowest BCUT2D eigenvalue weighted by atomic mass is 9.99. The van der Waals surface area contributed by atoms with Crippen molar-refractivity contribution in [3.8, 4) is 5.06 Å². The van der Waals surface area contributed by atoms with E-state index in [-0.39, 0.29) is 11.3 Å². The molecule has 1 aliphatic rings. The fourth-order valence-corrected chi connectivity index (χ4v) is 2.42. The number of nitro groups is 1. The van der Waals surface area contributed by atoms with Crippen molar-refractivity contribution in [3.05, 3.63) is 16.3 Å². The molecule has 0 radical (unpaired) electrons. The second kappa shape index (κ2) is 9.41. The standard InChI is InChI=1S/C9H13N3O3S.C5H10O2/c13-12(14)8-5-11-16-9(8)15-6-7-1-3-10-4-2-7;1-5(2,3)7-4-6/h5,7,10H,1-4,6H2;4H,1-3H3. The Hall–Kier alpha value is -1.74. The van der Waals surface area contributed by atoms with Crippen molar-refractivity contribution in [2.24, 2.45) is 5.92 Å². The van der Waals surface area contributed by atoms with Gasteiger partial charge in [-0.3, -0.25) is 14.9 Å². The van der Waals surface area contributed by atoms with E-state index in [1.165, 1.54) is 6.20 Å². The monoisotopic (exact) mass is 345 g/mol. The number of carbonyl (C=O) groups is 1. The van der Waals surface area contributed by atoms with Gasteiger partial charge in [-0.1, -0.05) is 0 Å². The summed E-state index contributed by atoms with van der Waals surface area (Å²) in [4.78, 5) is 19.8. The Bertz CT molecular complexity index is 495. The van der Waals surface area contributed by atoms with Gasteiger partial charge in [0.15, 0.2) is 0 Å². The molecule has 0 amide bonds. The molecule has 9 heteroatoms. The Balaban J connectivity index is 0.000000322. The zero-order chi connectivity index (χ0) is 17.3. The summed E-state index contributed by atoms with van der Waals surface area (Å²) < 4.78 is 13.8. The van der Waals surface area contributed by atoms with Gasteiger partial charge in [-0.25, -0.2) is 0 Å². The maximum atomic E-state index is 10.6. The van der Waals surface area contributed by atoms with Crippen LogP contribution in [-0.2, 0) is 9.53 Å². The first-order valence-corrected chi connectivity index (χ1v) is 8.15. The SMILES string of the molecule is CC(C)(C)OC=O.O=[N+]([O-])c1cnsc1OCC1CCNCC1. The minimum Gasteiger partial charge on any atom is -0.478 e. The van der Waals surface area contributed by atoms with E-state index in [9.17, 15) is 14.9 Å². The van der Waals surface area contributed by atoms with Gasteiger partial charge in [0.2, 0.25) is 0 Å². The van der Waals surface area contributed by atoms with E-state index >= 15 is 0 Å². The molecule has 1 aliphatic heterocycles. The molecule has 2 heterocycles. The van der Waals surface area contributed by atoms with Crippen LogP contribution in [0.5, 0.6) is 5.06 Å². The normalized spacial score (nSPS) is 15.3. The van der Waals surface area contributed by atoms with Gasteiger partial charge in [-0.2, -0.15) is 4.37 Å². The molecule has 130 valence electrons. The van der Waals surface area contributed by atoms with Crippen LogP contribution in [0.25, 0.3) is 0 Å². The summed E-state index contributed by atoms with van der Waals surface area (Å²) in [5, 5.41) is 14.2. The molecule has 1 aromatic rings. The Morgan fingerprint density at radius 2 is 2.13 bits per heavy atom. The number of carbonyl (C=O) groups excluding carboxylic acids is 1. The Morgan fingerprint density at radius 3 is 2.61 bits per heavy atom. The molecule has 0 spiro atoms. The maximum Gasteiger partial charge on any atom is 0.342 e. The van der Waals surface area contributed by atoms with Crippen LogP contribution in [-0.4, -0.2) is 41.1 Å². The van der Waals surface area contributed by atoms with Crippen LogP contribution in [0, 0.1) is 16.0 Å². The van der Waals surface area contributed by atoms with Crippen molar-refractivity contribution in [2.45, 2.75) is 39.2 Å². The summed E-state index contributed by atoms with van der Waals surface area (Å²) in [6, 6.07) is 0. The molecule has 0 aliphatic carbocycles. The summed E-state index contributed by atoms with van der Waals surface area (Å²) in [6.45, 7) is 8.46. The number of piperidine rings is 1. The van der Waals surface area contributed by atoms with Crippen molar-refractivity contribution in [1.29, 1.82) is 0 Å². The third-order valence-corrected chi connectivity index (χ3v) is 3.73. The summed E-state index contributed by atoms with van der Waals surface area (Å²) in [5.74, 6) is 0.489. The Labute approximate surface area is 139 Å². The van der Waals surface area contributed by atoms with Crippen molar-refractivity contribution in [2.75, 3.05) is 19.7 Å². The molecule has 0 saturated carbocycles. The molecular formula is C14H23N3O5S. The minimum atomic E-state index is -0.457. The lowest BCUT2D eigenvalue weighted by Crippen LogP contribution is -2.30. The first kappa shape index (κ1) is 19.3. The number of rotatable bonds is 5. The molecule has 1 fully saturated rings. The number of nitrogens with one attached hydrogen (secondary N) is 1. The quantitative estimate of drug-likeness (QED) is 0.496. The van der Waals surface area contributed by atoms with E-state index in [1.54, 1.807) is 0 Å². The first-order chi connectivity index (χ1) is 10.8. The predicted molar refractivity (Wildman–Crippen MR) is 86.8 cm³/mol. The summed E-state index contributed by atoms with van der Waals surface area (Å²) in [5.41, 5.74) is -0.346. The predicted octanol–water partition coefficient (Wildman–Crippen LogP) is 2.39. The molecule has 0 unspecified atom stereocenters. The third kappa shape index (κ3) is 7.89. The molecule has 1 saturated heterocycles. The van der Waals surface area contributed by atoms with Crippen molar-refractivity contribution >= 4 is 23.7 Å². The minimum absolute atomic E-state index is 0.0288. The number of nitrogens with zero attached hydrogens (tertiary/aromatic N) is 2. The number of hydrogen-bond acceptors (Lipinski definition) is 8. The smallest absolute Gasteiger partial charge is 0.342 e. The van der Waals surface area contributed by atoms with E-state index < -0.39 is 4.92 Å². The van der Waals surface area contributed by atoms with Gasteiger partial charge in [0.1, 0.15) is 11.8 Å². The molecule has 23 heavy (non-hydrogen) atoms. The van der Waals surface area contributed by atoms with E-state index in [4.69, 9.17) is 4.74 Å². The molecule has 8 nitrogen and oxygen atoms in total. The third-order valence-electron chi connectivity index (χ3n) is 3.03. The molecule has 1 aromatic heterocycles. The van der Waals surface area contributed by atoms with Crippen molar-refractivity contribution < 1.29 is 19.2 Å². The van der Waals surface area contributed by atoms with Crippen LogP contribution < -0.4 is 10.1 Å². The fraction of sp³-hybridized carbons (Fsp3) is 0.714. The van der Waals surface area contributed by atoms with Crippen molar-refractivity contribution in [1.82, 2.24) is 9.69 Å². The highest BCUT2D eigenvalue weighted by atomic mass is 32.1. The van der Waals surface area contributed by atoms with E-state index in [0.717, 1.165) is 37.5 Å². The molecule has 0 bridgehead atoms. The van der Waals surface area contributed by atoms with Gasteiger partial charge in [0.05, 0.1) is 11.5 Å². The zero-order valence-electron chi connectivity index (χ0n) is 13.6. The number of aromatic nitrogens is 1. The highest BCUT2D eigenvalue weighted by Gasteiger charge is 2.20. The molecule has 1 N–H and O–H groups in total. The lowest BCUT2D eigenvalue weighted by molar-refractivity contribution is -0.385. The largest absolute Gasteiger partial charge is 0.478 e. The van der Waals surface area contributed by atoms with Crippen LogP contribution in [0.2, 0.25) is 0 Å². The Kier molecular flexibility index (Phi) is 7.90. The summed E-state index contributed by atoms with van der Waals surface area (Å²) >= 11 is 1.04. The van der Waals surface area contributed by atoms with Crippen LogP contribution in [0.4, 0.5) is 5.69 Å². The molecular weight excluding hydrogens is 322 g/mol. The van der Waals surface area contributed by atoms with Gasteiger partial charge in [0, 0.05) is 11.5 Å². The molecule has 0 atom stereocenters. The zero-order valence-corrected chi connectivity index (χ0v) is 14.4. The number of ether oxygens (including phenoxy) is 2. The van der Waals surface area contributed by atoms with Crippen molar-refractivity contribution in [3.63, 3.8) is 0 Å². The Morgan fingerprint density at radius 1 is 1.48 bits per heavy atom. The van der Waals surface area contributed by atoms with Gasteiger partial charge in [-0.05, 0) is 52.6 Å². The van der Waals surface area contributed by atoms with Gasteiger partial charge in [-0.15, -0.1) is 0 Å². The van der Waals surface area contributed by atoms with Crippen LogP contribution in [0.3, 0.4) is 0 Å². The van der Waals surface area contributed by atoms with E-state index in [0.29, 0.717) is 24.1 Å². The second-order valence-electron chi connectivity index (χ2n) is 6.09. The lowest BCUT2D eigenvalue weighted by Gasteiger charge is -2.21. The highest BCUT2D eigenvalue weighted by molar-refractivity contribution is 7.08. The topological polar surface area (TPSA) is 104 Å². The number of hydrogen-bond donors (Lipinski definition) is 1. The molecule has 2 rings (SSSR count). The average molecular weight is 345 g/mol. The second-order valence-corrected chi connectivity index (χ2v) is 6.85. The van der Waals surface area contributed by atoms with Crippen LogP contribution in [0.1, 0.15) is 33.6 Å². The average Bonchev–Trinajstić information content (AvgIpc) is 2.94. The van der Waals surface area contributed by atoms with Gasteiger partial charge >= 0.3 is 5.69 Å². The van der Waals surface area contributed by atoms with Crippen LogP contribution in [0.15, 0.2) is 6.20 Å². The van der Waals surface area contributed by atoms with Gasteiger partial charge in [0.25, 0.3) is 11.5 Å². The highest BCUT2D eigenvalue weighted by Crippen LogP contribution is 2.31. The van der Waals surface area contributed by atoms with E-state index in [2.05, 4.69) is 14.4 Å². The summed E-state index contributed by atoms with van der Waals surface area (Å²) in [7, 11) is 0. The van der Waals surface area contributed by atoms with Crippen LogP contribution >= 0.6 is 11.5 Å². The maximum absolute atomic E-state index is 10.6. The van der Waals surface area contributed by atoms with Gasteiger partial charge < -0.3 is 14.8 Å². The fourth-order valence-electron chi connectivity index (χ4n) is 1.83. The summed E-state index contributed by atoms with van der Waals surface area (Å²) in [6.07, 6.45) is 3.36. The molecule has 0 aromatic carbocycles. The first-order valence-electron chi connectivity index (χ1n) is 7.37.